The molecule has 2 aromatic carbocycles. The van der Waals surface area contributed by atoms with Gasteiger partial charge in [0.25, 0.3) is 0 Å². The molecule has 5 N–H and O–H groups in total. The lowest BCUT2D eigenvalue weighted by Crippen LogP contribution is -2.24. The SMILES string of the molecule is Cc1cc(C)c(-n2ccn(-c3c(C)cc(C)cc3N)c2=N)c(N)c1. The van der Waals surface area contributed by atoms with Crippen molar-refractivity contribution in [2.75, 3.05) is 11.5 Å². The quantitative estimate of drug-likeness (QED) is 0.633. The zero-order valence-corrected chi connectivity index (χ0v) is 14.5. The van der Waals surface area contributed by atoms with E-state index in [0.717, 1.165) is 33.6 Å². The lowest BCUT2D eigenvalue weighted by Gasteiger charge is -2.14. The first-order valence-electron chi connectivity index (χ1n) is 7.88. The molecule has 24 heavy (non-hydrogen) atoms. The molecular formula is C19H23N5. The lowest BCUT2D eigenvalue weighted by atomic mass is 10.1. The third-order valence-corrected chi connectivity index (χ3v) is 4.25. The van der Waals surface area contributed by atoms with Gasteiger partial charge in [0, 0.05) is 12.4 Å². The Morgan fingerprint density at radius 3 is 1.42 bits per heavy atom. The minimum atomic E-state index is 0.312. The van der Waals surface area contributed by atoms with Crippen molar-refractivity contribution >= 4 is 11.4 Å². The second kappa shape index (κ2) is 5.60. The molecule has 1 aromatic heterocycles. The average molecular weight is 321 g/mol. The maximum absolute atomic E-state index is 8.61. The molecule has 0 aliphatic carbocycles. The molecule has 0 aliphatic heterocycles. The first kappa shape index (κ1) is 15.9. The van der Waals surface area contributed by atoms with Gasteiger partial charge in [0.2, 0.25) is 5.62 Å². The summed E-state index contributed by atoms with van der Waals surface area (Å²) in [4.78, 5) is 0. The van der Waals surface area contributed by atoms with Gasteiger partial charge in [-0.2, -0.15) is 0 Å². The Balaban J connectivity index is 2.24. The molecule has 5 nitrogen and oxygen atoms in total. The Morgan fingerprint density at radius 1 is 0.708 bits per heavy atom. The highest BCUT2D eigenvalue weighted by atomic mass is 15.2. The molecule has 0 radical (unpaired) electrons. The third kappa shape index (κ3) is 2.48. The summed E-state index contributed by atoms with van der Waals surface area (Å²) in [6.07, 6.45) is 3.71. The van der Waals surface area contributed by atoms with Gasteiger partial charge in [-0.05, 0) is 62.1 Å². The van der Waals surface area contributed by atoms with Crippen LogP contribution in [0.3, 0.4) is 0 Å². The van der Waals surface area contributed by atoms with Crippen molar-refractivity contribution in [3.8, 4) is 11.4 Å². The van der Waals surface area contributed by atoms with E-state index < -0.39 is 0 Å². The number of anilines is 2. The molecule has 0 saturated carbocycles. The fraction of sp³-hybridized carbons (Fsp3) is 0.211. The van der Waals surface area contributed by atoms with E-state index in [9.17, 15) is 0 Å². The van der Waals surface area contributed by atoms with Gasteiger partial charge in [0.15, 0.2) is 0 Å². The van der Waals surface area contributed by atoms with Crippen LogP contribution in [0.15, 0.2) is 36.7 Å². The van der Waals surface area contributed by atoms with Crippen LogP contribution in [0, 0.1) is 33.1 Å². The first-order valence-corrected chi connectivity index (χ1v) is 7.88. The number of imidazole rings is 1. The number of nitrogens with two attached hydrogens (primary N) is 2. The van der Waals surface area contributed by atoms with Crippen molar-refractivity contribution in [3.05, 3.63) is 64.5 Å². The van der Waals surface area contributed by atoms with Crippen LogP contribution in [0.5, 0.6) is 0 Å². The number of benzene rings is 2. The molecule has 1 heterocycles. The van der Waals surface area contributed by atoms with E-state index in [1.165, 1.54) is 0 Å². The molecule has 0 aliphatic rings. The summed E-state index contributed by atoms with van der Waals surface area (Å²) >= 11 is 0. The zero-order chi connectivity index (χ0) is 17.6. The van der Waals surface area contributed by atoms with E-state index in [1.807, 2.05) is 52.2 Å². The van der Waals surface area contributed by atoms with Crippen molar-refractivity contribution in [1.82, 2.24) is 9.13 Å². The van der Waals surface area contributed by atoms with Gasteiger partial charge in [-0.15, -0.1) is 0 Å². The highest BCUT2D eigenvalue weighted by molar-refractivity contribution is 5.65. The predicted molar refractivity (Wildman–Crippen MR) is 98.7 cm³/mol. The molecule has 0 spiro atoms. The van der Waals surface area contributed by atoms with Gasteiger partial charge in [0.05, 0.1) is 22.7 Å². The van der Waals surface area contributed by atoms with Crippen LogP contribution in [0.1, 0.15) is 22.3 Å². The smallest absolute Gasteiger partial charge is 0.211 e. The summed E-state index contributed by atoms with van der Waals surface area (Å²) in [7, 11) is 0. The van der Waals surface area contributed by atoms with E-state index in [2.05, 4.69) is 12.1 Å². The molecule has 0 amide bonds. The summed E-state index contributed by atoms with van der Waals surface area (Å²) in [5.74, 6) is 0. The topological polar surface area (TPSA) is 85.8 Å². The lowest BCUT2D eigenvalue weighted by molar-refractivity contribution is 0.832. The maximum Gasteiger partial charge on any atom is 0.211 e. The summed E-state index contributed by atoms with van der Waals surface area (Å²) in [6.45, 7) is 8.05. The number of nitrogens with one attached hydrogen (secondary N) is 1. The normalized spacial score (nSPS) is 11.0. The number of nitrogens with zero attached hydrogens (tertiary/aromatic N) is 2. The number of hydrogen-bond donors (Lipinski definition) is 3. The van der Waals surface area contributed by atoms with Crippen molar-refractivity contribution in [2.45, 2.75) is 27.7 Å². The Labute approximate surface area is 141 Å². The summed E-state index contributed by atoms with van der Waals surface area (Å²) in [5.41, 5.74) is 20.0. The fourth-order valence-electron chi connectivity index (χ4n) is 3.40. The number of nitrogen functional groups attached to an aromatic ring is 2. The molecule has 0 bridgehead atoms. The number of hydrogen-bond acceptors (Lipinski definition) is 3. The van der Waals surface area contributed by atoms with Crippen molar-refractivity contribution in [2.24, 2.45) is 0 Å². The highest BCUT2D eigenvalue weighted by Crippen LogP contribution is 2.25. The van der Waals surface area contributed by atoms with Crippen LogP contribution in [0.25, 0.3) is 11.4 Å². The minimum absolute atomic E-state index is 0.312. The molecule has 124 valence electrons. The second-order valence-electron chi connectivity index (χ2n) is 6.40. The Kier molecular flexibility index (Phi) is 3.72. The average Bonchev–Trinajstić information content (AvgIpc) is 2.79. The van der Waals surface area contributed by atoms with Gasteiger partial charge < -0.3 is 11.5 Å². The molecule has 0 unspecified atom stereocenters. The van der Waals surface area contributed by atoms with Gasteiger partial charge in [0.1, 0.15) is 0 Å². The van der Waals surface area contributed by atoms with Crippen LogP contribution in [0.2, 0.25) is 0 Å². The second-order valence-corrected chi connectivity index (χ2v) is 6.40. The number of aryl methyl sites for hydroxylation is 4. The third-order valence-electron chi connectivity index (χ3n) is 4.25. The van der Waals surface area contributed by atoms with Gasteiger partial charge in [-0.1, -0.05) is 12.1 Å². The zero-order valence-electron chi connectivity index (χ0n) is 14.5. The van der Waals surface area contributed by atoms with Gasteiger partial charge in [-0.3, -0.25) is 14.5 Å². The highest BCUT2D eigenvalue weighted by Gasteiger charge is 2.13. The maximum atomic E-state index is 8.61. The molecule has 0 atom stereocenters. The van der Waals surface area contributed by atoms with Crippen LogP contribution in [-0.2, 0) is 0 Å². The van der Waals surface area contributed by atoms with Crippen LogP contribution < -0.4 is 17.1 Å². The van der Waals surface area contributed by atoms with Crippen molar-refractivity contribution < 1.29 is 0 Å². The Hall–Kier alpha value is -2.95. The van der Waals surface area contributed by atoms with Crippen LogP contribution in [-0.4, -0.2) is 9.13 Å². The molecular weight excluding hydrogens is 298 g/mol. The summed E-state index contributed by atoms with van der Waals surface area (Å²) in [5, 5.41) is 8.61. The van der Waals surface area contributed by atoms with E-state index in [1.54, 1.807) is 9.13 Å². The minimum Gasteiger partial charge on any atom is -0.397 e. The molecule has 0 saturated heterocycles. The standard InChI is InChI=1S/C19H23N5/c1-11-7-13(3)17(15(20)9-11)23-5-6-24(19(23)22)18-14(4)8-12(2)10-16(18)21/h5-10,22H,20-21H2,1-4H3. The summed E-state index contributed by atoms with van der Waals surface area (Å²) < 4.78 is 3.59. The monoisotopic (exact) mass is 321 g/mol. The largest absolute Gasteiger partial charge is 0.397 e. The van der Waals surface area contributed by atoms with E-state index in [0.29, 0.717) is 17.0 Å². The van der Waals surface area contributed by atoms with E-state index >= 15 is 0 Å². The molecule has 3 rings (SSSR count). The predicted octanol–water partition coefficient (Wildman–Crippen LogP) is 3.15. The number of aromatic nitrogens is 2. The van der Waals surface area contributed by atoms with Crippen LogP contribution in [0.4, 0.5) is 11.4 Å². The molecule has 3 aromatic rings. The molecule has 0 fully saturated rings. The van der Waals surface area contributed by atoms with E-state index in [4.69, 9.17) is 16.9 Å². The summed E-state index contributed by atoms with van der Waals surface area (Å²) in [6, 6.07) is 8.00. The molecule has 5 heteroatoms. The van der Waals surface area contributed by atoms with Crippen molar-refractivity contribution in [3.63, 3.8) is 0 Å². The van der Waals surface area contributed by atoms with Gasteiger partial charge >= 0.3 is 0 Å². The first-order chi connectivity index (χ1) is 11.3. The van der Waals surface area contributed by atoms with Crippen molar-refractivity contribution in [1.29, 1.82) is 5.41 Å². The van der Waals surface area contributed by atoms with Crippen LogP contribution >= 0.6 is 0 Å². The fourth-order valence-corrected chi connectivity index (χ4v) is 3.40. The number of rotatable bonds is 2. The van der Waals surface area contributed by atoms with E-state index in [-0.39, 0.29) is 0 Å². The Bertz CT molecular complexity index is 867. The Morgan fingerprint density at radius 2 is 1.08 bits per heavy atom. The van der Waals surface area contributed by atoms with Gasteiger partial charge in [-0.25, -0.2) is 0 Å².